The van der Waals surface area contributed by atoms with E-state index in [1.54, 1.807) is 18.3 Å². The zero-order chi connectivity index (χ0) is 8.10. The lowest BCUT2D eigenvalue weighted by Crippen LogP contribution is -2.03. The van der Waals surface area contributed by atoms with Crippen molar-refractivity contribution in [2.75, 3.05) is 6.54 Å². The molecule has 0 fully saturated rings. The molecule has 0 aliphatic heterocycles. The Labute approximate surface area is 65.3 Å². The number of alkyl halides is 1. The largest absolute Gasteiger partial charge is 0.330 e. The van der Waals surface area contributed by atoms with Crippen LogP contribution < -0.4 is 5.73 Å². The Morgan fingerprint density at radius 1 is 1.64 bits per heavy atom. The highest BCUT2D eigenvalue weighted by molar-refractivity contribution is 5.11. The van der Waals surface area contributed by atoms with Crippen LogP contribution in [0.4, 0.5) is 4.39 Å². The molecule has 0 spiro atoms. The molecule has 0 radical (unpaired) electrons. The molecular weight excluding hydrogens is 143 g/mol. The van der Waals surface area contributed by atoms with Crippen LogP contribution in [0.5, 0.6) is 0 Å². The molecule has 11 heavy (non-hydrogen) atoms. The molecule has 1 aromatic rings. The van der Waals surface area contributed by atoms with Gasteiger partial charge in [0.25, 0.3) is 0 Å². The van der Waals surface area contributed by atoms with Gasteiger partial charge in [-0.05, 0) is 19.0 Å². The molecule has 2 N–H and O–H groups in total. The third kappa shape index (κ3) is 2.27. The highest BCUT2D eigenvalue weighted by atomic mass is 19.1. The number of aromatic nitrogens is 1. The van der Waals surface area contributed by atoms with Crippen molar-refractivity contribution in [1.29, 1.82) is 0 Å². The number of rotatable bonds is 3. The van der Waals surface area contributed by atoms with Gasteiger partial charge < -0.3 is 5.73 Å². The maximum Gasteiger partial charge on any atom is 0.128 e. The Balaban J connectivity index is 2.61. The van der Waals surface area contributed by atoms with Crippen molar-refractivity contribution in [3.63, 3.8) is 0 Å². The molecular formula is C8H11FN2. The molecule has 0 amide bonds. The van der Waals surface area contributed by atoms with Crippen molar-refractivity contribution < 1.29 is 4.39 Å². The monoisotopic (exact) mass is 154 g/mol. The van der Waals surface area contributed by atoms with Crippen LogP contribution in [0, 0.1) is 0 Å². The normalized spacial score (nSPS) is 12.9. The Kier molecular flexibility index (Phi) is 2.98. The van der Waals surface area contributed by atoms with E-state index < -0.39 is 6.17 Å². The number of halogens is 1. The Bertz CT molecular complexity index is 201. The summed E-state index contributed by atoms with van der Waals surface area (Å²) in [5.41, 5.74) is 5.82. The van der Waals surface area contributed by atoms with Crippen molar-refractivity contribution in [2.24, 2.45) is 5.73 Å². The second-order valence-corrected chi connectivity index (χ2v) is 2.33. The van der Waals surface area contributed by atoms with Gasteiger partial charge in [0.05, 0.1) is 0 Å². The summed E-state index contributed by atoms with van der Waals surface area (Å²) < 4.78 is 13.0. The van der Waals surface area contributed by atoms with Crippen LogP contribution >= 0.6 is 0 Å². The van der Waals surface area contributed by atoms with Gasteiger partial charge in [-0.1, -0.05) is 6.07 Å². The minimum Gasteiger partial charge on any atom is -0.330 e. The predicted molar refractivity (Wildman–Crippen MR) is 41.8 cm³/mol. The molecule has 1 atom stereocenters. The fourth-order valence-corrected chi connectivity index (χ4v) is 0.874. The zero-order valence-electron chi connectivity index (χ0n) is 6.20. The van der Waals surface area contributed by atoms with E-state index in [2.05, 4.69) is 4.98 Å². The van der Waals surface area contributed by atoms with Gasteiger partial charge >= 0.3 is 0 Å². The molecule has 0 saturated carbocycles. The van der Waals surface area contributed by atoms with Gasteiger partial charge in [-0.3, -0.25) is 4.98 Å². The first kappa shape index (κ1) is 8.14. The topological polar surface area (TPSA) is 38.9 Å². The average Bonchev–Trinajstić information content (AvgIpc) is 2.07. The number of hydrogen-bond donors (Lipinski definition) is 1. The fraction of sp³-hybridized carbons (Fsp3) is 0.375. The average molecular weight is 154 g/mol. The van der Waals surface area contributed by atoms with Crippen LogP contribution in [0.3, 0.4) is 0 Å². The fourth-order valence-electron chi connectivity index (χ4n) is 0.874. The first-order valence-electron chi connectivity index (χ1n) is 3.58. The summed E-state index contributed by atoms with van der Waals surface area (Å²) in [5, 5.41) is 0. The first-order chi connectivity index (χ1) is 5.34. The zero-order valence-corrected chi connectivity index (χ0v) is 6.20. The summed E-state index contributed by atoms with van der Waals surface area (Å²) in [7, 11) is 0. The number of hydrogen-bond acceptors (Lipinski definition) is 2. The standard InChI is InChI=1S/C8H11FN2/c9-8(3-4-10)7-2-1-5-11-6-7/h1-2,5-6,8H,3-4,10H2. The first-order valence-corrected chi connectivity index (χ1v) is 3.58. The Morgan fingerprint density at radius 3 is 3.00 bits per heavy atom. The maximum atomic E-state index is 13.0. The van der Waals surface area contributed by atoms with E-state index in [0.29, 0.717) is 18.5 Å². The van der Waals surface area contributed by atoms with Crippen LogP contribution in [0.15, 0.2) is 24.5 Å². The number of nitrogens with zero attached hydrogens (tertiary/aromatic N) is 1. The summed E-state index contributed by atoms with van der Waals surface area (Å²) in [4.78, 5) is 3.81. The smallest absolute Gasteiger partial charge is 0.128 e. The van der Waals surface area contributed by atoms with E-state index in [1.807, 2.05) is 0 Å². The molecule has 2 nitrogen and oxygen atoms in total. The van der Waals surface area contributed by atoms with Gasteiger partial charge in [-0.15, -0.1) is 0 Å². The SMILES string of the molecule is NCCC(F)c1cccnc1. The molecule has 1 aromatic heterocycles. The molecule has 3 heteroatoms. The highest BCUT2D eigenvalue weighted by Gasteiger charge is 2.06. The van der Waals surface area contributed by atoms with Crippen LogP contribution in [0.2, 0.25) is 0 Å². The highest BCUT2D eigenvalue weighted by Crippen LogP contribution is 2.18. The number of pyridine rings is 1. The van der Waals surface area contributed by atoms with Crippen LogP contribution in [-0.2, 0) is 0 Å². The Hall–Kier alpha value is -0.960. The van der Waals surface area contributed by atoms with E-state index in [0.717, 1.165) is 0 Å². The molecule has 1 heterocycles. The second kappa shape index (κ2) is 4.03. The van der Waals surface area contributed by atoms with E-state index in [-0.39, 0.29) is 0 Å². The molecule has 60 valence electrons. The molecule has 1 unspecified atom stereocenters. The van der Waals surface area contributed by atoms with Crippen molar-refractivity contribution in [1.82, 2.24) is 4.98 Å². The van der Waals surface area contributed by atoms with Gasteiger partial charge in [0.2, 0.25) is 0 Å². The third-order valence-electron chi connectivity index (χ3n) is 1.47. The summed E-state index contributed by atoms with van der Waals surface area (Å²) in [6, 6.07) is 3.44. The maximum absolute atomic E-state index is 13.0. The minimum absolute atomic E-state index is 0.367. The Morgan fingerprint density at radius 2 is 2.45 bits per heavy atom. The van der Waals surface area contributed by atoms with E-state index in [4.69, 9.17) is 5.73 Å². The molecule has 0 aliphatic carbocycles. The van der Waals surface area contributed by atoms with Crippen LogP contribution in [0.25, 0.3) is 0 Å². The van der Waals surface area contributed by atoms with E-state index in [1.165, 1.54) is 6.20 Å². The van der Waals surface area contributed by atoms with Gasteiger partial charge in [0.15, 0.2) is 0 Å². The van der Waals surface area contributed by atoms with Crippen molar-refractivity contribution in [3.8, 4) is 0 Å². The molecule has 0 saturated heterocycles. The summed E-state index contributed by atoms with van der Waals surface area (Å²) in [6.07, 6.45) is 2.55. The lowest BCUT2D eigenvalue weighted by Gasteiger charge is -2.04. The quantitative estimate of drug-likeness (QED) is 0.715. The van der Waals surface area contributed by atoms with Gasteiger partial charge in [-0.25, -0.2) is 4.39 Å². The molecule has 0 aliphatic rings. The third-order valence-corrected chi connectivity index (χ3v) is 1.47. The van der Waals surface area contributed by atoms with E-state index in [9.17, 15) is 4.39 Å². The van der Waals surface area contributed by atoms with Crippen molar-refractivity contribution in [2.45, 2.75) is 12.6 Å². The second-order valence-electron chi connectivity index (χ2n) is 2.33. The van der Waals surface area contributed by atoms with Crippen LogP contribution in [-0.4, -0.2) is 11.5 Å². The van der Waals surface area contributed by atoms with Gasteiger partial charge in [-0.2, -0.15) is 0 Å². The van der Waals surface area contributed by atoms with Crippen molar-refractivity contribution in [3.05, 3.63) is 30.1 Å². The molecule has 0 bridgehead atoms. The lowest BCUT2D eigenvalue weighted by molar-refractivity contribution is 0.327. The summed E-state index contributed by atoms with van der Waals surface area (Å²) in [6.45, 7) is 0.371. The predicted octanol–water partition coefficient (Wildman–Crippen LogP) is 1.44. The van der Waals surface area contributed by atoms with Crippen molar-refractivity contribution >= 4 is 0 Å². The van der Waals surface area contributed by atoms with Crippen LogP contribution in [0.1, 0.15) is 18.2 Å². The summed E-state index contributed by atoms with van der Waals surface area (Å²) in [5.74, 6) is 0. The summed E-state index contributed by atoms with van der Waals surface area (Å²) >= 11 is 0. The van der Waals surface area contributed by atoms with E-state index >= 15 is 0 Å². The van der Waals surface area contributed by atoms with Gasteiger partial charge in [0.1, 0.15) is 6.17 Å². The molecule has 1 rings (SSSR count). The lowest BCUT2D eigenvalue weighted by atomic mass is 10.1. The molecule has 0 aromatic carbocycles. The van der Waals surface area contributed by atoms with Gasteiger partial charge in [0, 0.05) is 18.0 Å². The minimum atomic E-state index is -0.964. The number of nitrogens with two attached hydrogens (primary N) is 1.